The number of sulfonamides is 1. The molecule has 0 amide bonds. The summed E-state index contributed by atoms with van der Waals surface area (Å²) in [6.07, 6.45) is 0. The van der Waals surface area contributed by atoms with Gasteiger partial charge in [0.05, 0.1) is 9.79 Å². The second kappa shape index (κ2) is 5.90. The van der Waals surface area contributed by atoms with E-state index < -0.39 is 25.5 Å². The number of hydrogen-bond acceptors (Lipinski definition) is 3. The predicted molar refractivity (Wildman–Crippen MR) is 74.9 cm³/mol. The zero-order valence-corrected chi connectivity index (χ0v) is 12.2. The van der Waals surface area contributed by atoms with E-state index >= 15 is 0 Å². The Morgan fingerprint density at radius 3 is 1.62 bits per heavy atom. The first-order valence-corrected chi connectivity index (χ1v) is 8.79. The van der Waals surface area contributed by atoms with E-state index in [9.17, 15) is 21.4 Å². The molecule has 1 atom stereocenters. The zero-order valence-electron chi connectivity index (χ0n) is 10.6. The quantitative estimate of drug-likeness (QED) is 0.864. The summed E-state index contributed by atoms with van der Waals surface area (Å²) >= 11 is 0. The molecule has 21 heavy (non-hydrogen) atoms. The van der Waals surface area contributed by atoms with Crippen LogP contribution >= 0.6 is 0 Å². The van der Waals surface area contributed by atoms with Crippen molar-refractivity contribution in [3.05, 3.63) is 60.7 Å². The van der Waals surface area contributed by atoms with E-state index in [0.717, 1.165) is 0 Å². The van der Waals surface area contributed by atoms with Crippen LogP contribution in [0.3, 0.4) is 0 Å². The number of rotatable bonds is 4. The fourth-order valence-corrected chi connectivity index (χ4v) is 4.94. The summed E-state index contributed by atoms with van der Waals surface area (Å²) in [5.41, 5.74) is 0. The van der Waals surface area contributed by atoms with Gasteiger partial charge in [-0.15, -0.1) is 0 Å². The topological polar surface area (TPSA) is 63.6 Å². The molecule has 2 aromatic carbocycles. The minimum atomic E-state index is -4.44. The van der Waals surface area contributed by atoms with Gasteiger partial charge < -0.3 is 0 Å². The highest BCUT2D eigenvalue weighted by Gasteiger charge is 2.28. The lowest BCUT2D eigenvalue weighted by molar-refractivity contribution is 0.241. The molecule has 2 rings (SSSR count). The second-order valence-corrected chi connectivity index (χ2v) is 7.99. The van der Waals surface area contributed by atoms with Crippen LogP contribution in [0.1, 0.15) is 0 Å². The molecule has 0 spiro atoms. The Morgan fingerprint density at radius 2 is 1.19 bits per heavy atom. The Kier molecular flexibility index (Phi) is 4.38. The van der Waals surface area contributed by atoms with Gasteiger partial charge in [-0.2, -0.15) is 17.2 Å². The lowest BCUT2D eigenvalue weighted by atomic mass is 10.4. The first-order valence-electron chi connectivity index (χ1n) is 5.77. The van der Waals surface area contributed by atoms with Gasteiger partial charge in [-0.05, 0) is 24.3 Å². The van der Waals surface area contributed by atoms with Gasteiger partial charge in [0.15, 0.2) is 9.73 Å². The van der Waals surface area contributed by atoms with E-state index in [1.165, 1.54) is 48.5 Å². The molecule has 0 N–H and O–H groups in total. The summed E-state index contributed by atoms with van der Waals surface area (Å²) in [4.78, 5) is -0.603. The van der Waals surface area contributed by atoms with E-state index in [0.29, 0.717) is 0 Å². The van der Waals surface area contributed by atoms with E-state index in [4.69, 9.17) is 0 Å². The number of alkyl halides is 2. The SMILES string of the molecule is O=S(=O)(N=[S@](=O)(c1ccccc1)C(F)F)c1ccccc1. The summed E-state index contributed by atoms with van der Waals surface area (Å²) in [5.74, 6) is -3.42. The molecule has 0 fully saturated rings. The molecular formula is C13H11F2NO3S2. The summed E-state index contributed by atoms with van der Waals surface area (Å²) in [6.45, 7) is 0. The largest absolute Gasteiger partial charge is 0.324 e. The highest BCUT2D eigenvalue weighted by Crippen LogP contribution is 2.24. The van der Waals surface area contributed by atoms with E-state index in [1.54, 1.807) is 12.1 Å². The third kappa shape index (κ3) is 3.27. The second-order valence-electron chi connectivity index (χ2n) is 4.01. The standard InChI is InChI=1S/C13H11F2NO3S2/c14-13(15)20(17,11-7-3-1-4-8-11)16-21(18,19)12-9-5-2-6-10-12/h1-10,13H/t20-/m0/s1. The van der Waals surface area contributed by atoms with Gasteiger partial charge in [0, 0.05) is 0 Å². The maximum Gasteiger partial charge on any atom is 0.324 e. The molecule has 0 unspecified atom stereocenters. The summed E-state index contributed by atoms with van der Waals surface area (Å²) in [6, 6.07) is 13.5. The molecule has 0 aromatic heterocycles. The van der Waals surface area contributed by atoms with Crippen molar-refractivity contribution < 1.29 is 21.4 Å². The molecule has 4 nitrogen and oxygen atoms in total. The number of halogens is 2. The molecule has 0 saturated carbocycles. The molecule has 0 aliphatic rings. The van der Waals surface area contributed by atoms with Gasteiger partial charge >= 0.3 is 5.76 Å². The average molecular weight is 331 g/mol. The van der Waals surface area contributed by atoms with Gasteiger partial charge in [0.2, 0.25) is 0 Å². The fraction of sp³-hybridized carbons (Fsp3) is 0.0769. The molecule has 112 valence electrons. The monoisotopic (exact) mass is 331 g/mol. The third-order valence-corrected chi connectivity index (χ3v) is 6.54. The summed E-state index contributed by atoms with van der Waals surface area (Å²) < 4.78 is 65.9. The number of benzene rings is 2. The molecular weight excluding hydrogens is 320 g/mol. The van der Waals surface area contributed by atoms with Gasteiger partial charge in [-0.25, -0.2) is 4.21 Å². The lowest BCUT2D eigenvalue weighted by Crippen LogP contribution is -2.14. The summed E-state index contributed by atoms with van der Waals surface area (Å²) in [7, 11) is -8.83. The van der Waals surface area contributed by atoms with Crippen molar-refractivity contribution in [2.24, 2.45) is 3.77 Å². The van der Waals surface area contributed by atoms with Crippen molar-refractivity contribution in [1.82, 2.24) is 0 Å². The smallest absolute Gasteiger partial charge is 0.238 e. The van der Waals surface area contributed by atoms with Gasteiger partial charge in [-0.3, -0.25) is 0 Å². The highest BCUT2D eigenvalue weighted by atomic mass is 32.3. The average Bonchev–Trinajstić information content (AvgIpc) is 2.48. The van der Waals surface area contributed by atoms with E-state index in [-0.39, 0.29) is 9.79 Å². The van der Waals surface area contributed by atoms with E-state index in [2.05, 4.69) is 3.77 Å². The van der Waals surface area contributed by atoms with Crippen molar-refractivity contribution in [2.45, 2.75) is 15.5 Å². The van der Waals surface area contributed by atoms with Crippen LogP contribution in [0, 0.1) is 0 Å². The Morgan fingerprint density at radius 1 is 0.762 bits per heavy atom. The molecule has 2 aromatic rings. The van der Waals surface area contributed by atoms with Crippen molar-refractivity contribution in [3.8, 4) is 0 Å². The van der Waals surface area contributed by atoms with Gasteiger partial charge in [0.25, 0.3) is 10.0 Å². The highest BCUT2D eigenvalue weighted by molar-refractivity contribution is 8.03. The van der Waals surface area contributed by atoms with Crippen molar-refractivity contribution >= 4 is 19.8 Å². The van der Waals surface area contributed by atoms with Gasteiger partial charge in [-0.1, -0.05) is 40.2 Å². The molecule has 0 radical (unpaired) electrons. The van der Waals surface area contributed by atoms with Crippen LogP contribution in [-0.4, -0.2) is 18.4 Å². The molecule has 0 heterocycles. The van der Waals surface area contributed by atoms with Gasteiger partial charge in [0.1, 0.15) is 0 Å². The van der Waals surface area contributed by atoms with Crippen LogP contribution < -0.4 is 0 Å². The van der Waals surface area contributed by atoms with Crippen molar-refractivity contribution in [1.29, 1.82) is 0 Å². The fourth-order valence-electron chi connectivity index (χ4n) is 1.58. The normalized spacial score (nSPS) is 14.6. The molecule has 0 aliphatic carbocycles. The number of nitrogens with zero attached hydrogens (tertiary/aromatic N) is 1. The van der Waals surface area contributed by atoms with Crippen molar-refractivity contribution in [3.63, 3.8) is 0 Å². The molecule has 0 bridgehead atoms. The maximum atomic E-state index is 13.2. The Labute approximate surface area is 121 Å². The predicted octanol–water partition coefficient (Wildman–Crippen LogP) is 3.13. The zero-order chi connectivity index (χ0) is 15.5. The first-order chi connectivity index (χ1) is 9.86. The summed E-state index contributed by atoms with van der Waals surface area (Å²) in [5, 5.41) is 0. The maximum absolute atomic E-state index is 13.2. The van der Waals surface area contributed by atoms with Crippen LogP contribution in [0.4, 0.5) is 8.78 Å². The minimum absolute atomic E-state index is 0.283. The van der Waals surface area contributed by atoms with Crippen LogP contribution in [-0.2, 0) is 19.8 Å². The van der Waals surface area contributed by atoms with Crippen LogP contribution in [0.25, 0.3) is 0 Å². The third-order valence-electron chi connectivity index (χ3n) is 2.57. The molecule has 0 aliphatic heterocycles. The Balaban J connectivity index is 2.67. The van der Waals surface area contributed by atoms with Crippen molar-refractivity contribution in [2.75, 3.05) is 0 Å². The van der Waals surface area contributed by atoms with Crippen LogP contribution in [0.5, 0.6) is 0 Å². The van der Waals surface area contributed by atoms with Crippen LogP contribution in [0.2, 0.25) is 0 Å². The first kappa shape index (κ1) is 15.6. The van der Waals surface area contributed by atoms with Crippen LogP contribution in [0.15, 0.2) is 74.2 Å². The Hall–Kier alpha value is -1.80. The Bertz CT molecular complexity index is 828. The molecule has 8 heteroatoms. The number of hydrogen-bond donors (Lipinski definition) is 0. The minimum Gasteiger partial charge on any atom is -0.238 e. The van der Waals surface area contributed by atoms with E-state index in [1.807, 2.05) is 0 Å². The lowest BCUT2D eigenvalue weighted by Gasteiger charge is -2.09. The molecule has 0 saturated heterocycles.